The molecule has 0 amide bonds. The zero-order valence-electron chi connectivity index (χ0n) is 18.1. The lowest BCUT2D eigenvalue weighted by molar-refractivity contribution is -0.00100. The minimum absolute atomic E-state index is 0. The largest absolute Gasteiger partial charge is 1.00 e. The third-order valence-corrected chi connectivity index (χ3v) is 5.22. The van der Waals surface area contributed by atoms with Crippen LogP contribution in [0.3, 0.4) is 0 Å². The quantitative estimate of drug-likeness (QED) is 0.378. The highest BCUT2D eigenvalue weighted by Gasteiger charge is 2.20. The van der Waals surface area contributed by atoms with Crippen LogP contribution in [0.4, 0.5) is 0 Å². The number of rotatable bonds is 10. The number of nitrogens with zero attached hydrogens (tertiary/aromatic N) is 2. The maximum Gasteiger partial charge on any atom is 0.161 e. The lowest BCUT2D eigenvalue weighted by Crippen LogP contribution is -3.00. The monoisotopic (exact) mass is 466 g/mol. The van der Waals surface area contributed by atoms with Gasteiger partial charge in [-0.3, -0.25) is 9.80 Å². The summed E-state index contributed by atoms with van der Waals surface area (Å²) in [5, 5.41) is 10.4. The first kappa shape index (κ1) is 27.3. The molecule has 1 saturated heterocycles. The molecule has 2 aromatic carbocycles. The number of β-amino-alcohol motifs (C(OH)–C–C–N with tert-alkyl or cyclic N) is 1. The van der Waals surface area contributed by atoms with Crippen molar-refractivity contribution in [1.29, 1.82) is 0 Å². The van der Waals surface area contributed by atoms with E-state index in [-0.39, 0.29) is 31.4 Å². The van der Waals surface area contributed by atoms with Gasteiger partial charge < -0.3 is 39.4 Å². The van der Waals surface area contributed by atoms with Gasteiger partial charge in [-0.05, 0) is 29.7 Å². The van der Waals surface area contributed by atoms with E-state index >= 15 is 0 Å². The van der Waals surface area contributed by atoms with Gasteiger partial charge in [0, 0.05) is 39.3 Å². The average Bonchev–Trinajstić information content (AvgIpc) is 2.75. The van der Waals surface area contributed by atoms with Crippen molar-refractivity contribution in [2.75, 3.05) is 46.4 Å². The number of halogens is 2. The van der Waals surface area contributed by atoms with E-state index < -0.39 is 6.10 Å². The topological polar surface area (TPSA) is 45.2 Å². The average molecular weight is 467 g/mol. The molecule has 172 valence electrons. The fourth-order valence-electron chi connectivity index (χ4n) is 3.63. The van der Waals surface area contributed by atoms with Gasteiger partial charge >= 0.3 is 0 Å². The third-order valence-electron chi connectivity index (χ3n) is 5.22. The molecule has 5 nitrogen and oxygen atoms in total. The van der Waals surface area contributed by atoms with Gasteiger partial charge in [0.25, 0.3) is 0 Å². The molecular formula is C24H32Cl2N2O3-2. The van der Waals surface area contributed by atoms with Crippen molar-refractivity contribution in [3.63, 3.8) is 0 Å². The summed E-state index contributed by atoms with van der Waals surface area (Å²) >= 11 is 0. The summed E-state index contributed by atoms with van der Waals surface area (Å²) in [4.78, 5) is 4.77. The van der Waals surface area contributed by atoms with E-state index in [0.29, 0.717) is 18.0 Å². The van der Waals surface area contributed by atoms with E-state index in [1.165, 1.54) is 5.56 Å². The molecule has 31 heavy (non-hydrogen) atoms. The summed E-state index contributed by atoms with van der Waals surface area (Å²) in [5.41, 5.74) is 2.47. The Bertz CT molecular complexity index is 769. The summed E-state index contributed by atoms with van der Waals surface area (Å²) in [6, 6.07) is 16.4. The Balaban J connectivity index is 0.00000240. The molecule has 1 aliphatic rings. The van der Waals surface area contributed by atoms with Crippen LogP contribution in [-0.4, -0.2) is 67.5 Å². The van der Waals surface area contributed by atoms with Crippen LogP contribution in [0, 0.1) is 0 Å². The van der Waals surface area contributed by atoms with Crippen molar-refractivity contribution in [2.45, 2.75) is 19.1 Å². The third kappa shape index (κ3) is 8.71. The Labute approximate surface area is 198 Å². The van der Waals surface area contributed by atoms with Gasteiger partial charge in [-0.25, -0.2) is 0 Å². The molecule has 7 heteroatoms. The molecule has 1 aliphatic heterocycles. The molecule has 1 fully saturated rings. The Morgan fingerprint density at radius 2 is 1.65 bits per heavy atom. The molecule has 3 rings (SSSR count). The predicted molar refractivity (Wildman–Crippen MR) is 117 cm³/mol. The normalized spacial score (nSPS) is 15.3. The first-order valence-electron chi connectivity index (χ1n) is 10.2. The summed E-state index contributed by atoms with van der Waals surface area (Å²) in [6.07, 6.45) is 2.11. The Morgan fingerprint density at radius 1 is 0.968 bits per heavy atom. The molecule has 1 atom stereocenters. The van der Waals surface area contributed by atoms with Gasteiger partial charge in [0.2, 0.25) is 0 Å². The summed E-state index contributed by atoms with van der Waals surface area (Å²) in [5.74, 6) is 1.35. The second kappa shape index (κ2) is 14.3. The standard InChI is InChI=1S/C24H32N2O3.2ClH/c1-3-7-20-10-11-23(24(16-20)28-2)29-19-22(27)18-26-14-12-25(13-15-26)17-21-8-5-4-6-9-21;;/h3-6,8-11,16,22,27H,1,7,12-15,17-19H2,2H3;2*1H/p-2. The van der Waals surface area contributed by atoms with Crippen LogP contribution < -0.4 is 34.3 Å². The Kier molecular flexibility index (Phi) is 12.6. The van der Waals surface area contributed by atoms with Gasteiger partial charge in [0.15, 0.2) is 11.5 Å². The van der Waals surface area contributed by atoms with Crippen LogP contribution in [0.5, 0.6) is 11.5 Å². The second-order valence-electron chi connectivity index (χ2n) is 7.51. The zero-order chi connectivity index (χ0) is 20.5. The van der Waals surface area contributed by atoms with E-state index in [0.717, 1.165) is 44.7 Å². The van der Waals surface area contributed by atoms with Crippen LogP contribution in [0.15, 0.2) is 61.2 Å². The molecule has 0 aliphatic carbocycles. The van der Waals surface area contributed by atoms with E-state index in [2.05, 4.69) is 46.7 Å². The number of ether oxygens (including phenoxy) is 2. The fraction of sp³-hybridized carbons (Fsp3) is 0.417. The highest BCUT2D eigenvalue weighted by Crippen LogP contribution is 2.28. The molecule has 1 heterocycles. The highest BCUT2D eigenvalue weighted by atomic mass is 35.5. The number of aliphatic hydroxyl groups excluding tert-OH is 1. The number of benzene rings is 2. The summed E-state index contributed by atoms with van der Waals surface area (Å²) in [7, 11) is 1.63. The van der Waals surface area contributed by atoms with E-state index in [4.69, 9.17) is 9.47 Å². The van der Waals surface area contributed by atoms with Crippen molar-refractivity contribution in [2.24, 2.45) is 0 Å². The van der Waals surface area contributed by atoms with Crippen molar-refractivity contribution in [1.82, 2.24) is 9.80 Å². The van der Waals surface area contributed by atoms with Crippen LogP contribution in [0.25, 0.3) is 0 Å². The maximum absolute atomic E-state index is 10.4. The van der Waals surface area contributed by atoms with Crippen LogP contribution in [0.1, 0.15) is 11.1 Å². The smallest absolute Gasteiger partial charge is 0.161 e. The van der Waals surface area contributed by atoms with Crippen molar-refractivity contribution in [3.8, 4) is 11.5 Å². The number of hydrogen-bond donors (Lipinski definition) is 1. The fourth-order valence-corrected chi connectivity index (χ4v) is 3.63. The summed E-state index contributed by atoms with van der Waals surface area (Å²) < 4.78 is 11.2. The molecule has 1 unspecified atom stereocenters. The predicted octanol–water partition coefficient (Wildman–Crippen LogP) is -3.01. The highest BCUT2D eigenvalue weighted by molar-refractivity contribution is 5.43. The van der Waals surface area contributed by atoms with Gasteiger partial charge in [-0.15, -0.1) is 6.58 Å². The minimum atomic E-state index is -0.534. The maximum atomic E-state index is 10.4. The first-order chi connectivity index (χ1) is 14.2. The van der Waals surface area contributed by atoms with Gasteiger partial charge in [-0.1, -0.05) is 42.5 Å². The van der Waals surface area contributed by atoms with Gasteiger partial charge in [0.1, 0.15) is 12.7 Å². The van der Waals surface area contributed by atoms with Crippen LogP contribution >= 0.6 is 0 Å². The molecule has 0 saturated carbocycles. The number of methoxy groups -OCH3 is 1. The molecule has 1 N–H and O–H groups in total. The Hall–Kier alpha value is -1.76. The zero-order valence-corrected chi connectivity index (χ0v) is 19.6. The molecule has 0 radical (unpaired) electrons. The van der Waals surface area contributed by atoms with Crippen molar-refractivity contribution in [3.05, 3.63) is 72.3 Å². The molecular weight excluding hydrogens is 435 g/mol. The van der Waals surface area contributed by atoms with Gasteiger partial charge in [0.05, 0.1) is 7.11 Å². The van der Waals surface area contributed by atoms with E-state index in [1.54, 1.807) is 7.11 Å². The second-order valence-corrected chi connectivity index (χ2v) is 7.51. The van der Waals surface area contributed by atoms with Crippen molar-refractivity contribution < 1.29 is 39.4 Å². The van der Waals surface area contributed by atoms with E-state index in [9.17, 15) is 5.11 Å². The number of allylic oxidation sites excluding steroid dienone is 1. The lowest BCUT2D eigenvalue weighted by atomic mass is 10.1. The molecule has 0 spiro atoms. The van der Waals surface area contributed by atoms with Crippen molar-refractivity contribution >= 4 is 0 Å². The van der Waals surface area contributed by atoms with Crippen LogP contribution in [0.2, 0.25) is 0 Å². The lowest BCUT2D eigenvalue weighted by Gasteiger charge is -2.35. The van der Waals surface area contributed by atoms with Gasteiger partial charge in [-0.2, -0.15) is 0 Å². The molecule has 0 aromatic heterocycles. The summed E-state index contributed by atoms with van der Waals surface area (Å²) in [6.45, 7) is 9.58. The SMILES string of the molecule is C=CCc1ccc(OCC(O)CN2CCN(Cc3ccccc3)CC2)c(OC)c1.[Cl-].[Cl-]. The first-order valence-corrected chi connectivity index (χ1v) is 10.2. The minimum Gasteiger partial charge on any atom is -1.00 e. The Morgan fingerprint density at radius 3 is 2.29 bits per heavy atom. The van der Waals surface area contributed by atoms with Crippen LogP contribution in [-0.2, 0) is 13.0 Å². The number of piperazine rings is 1. The van der Waals surface area contributed by atoms with E-state index in [1.807, 2.05) is 24.3 Å². The number of aliphatic hydroxyl groups is 1. The molecule has 0 bridgehead atoms. The number of hydrogen-bond acceptors (Lipinski definition) is 5. The molecule has 2 aromatic rings.